The van der Waals surface area contributed by atoms with Crippen LogP contribution in [0.25, 0.3) is 33.4 Å². The monoisotopic (exact) mass is 520 g/mol. The van der Waals surface area contributed by atoms with Crippen LogP contribution in [0.2, 0.25) is 0 Å². The zero-order valence-corrected chi connectivity index (χ0v) is 22.0. The lowest BCUT2D eigenvalue weighted by atomic mass is 9.98. The molecule has 4 rings (SSSR count). The van der Waals surface area contributed by atoms with Gasteiger partial charge in [-0.05, 0) is 42.8 Å². The largest absolute Gasteiger partial charge is 0.383 e. The Bertz CT molecular complexity index is 1640. The smallest absolute Gasteiger partial charge is 0.250 e. The van der Waals surface area contributed by atoms with Crippen LogP contribution in [0.1, 0.15) is 20.8 Å². The van der Waals surface area contributed by atoms with Gasteiger partial charge >= 0.3 is 0 Å². The number of fused-ring (bicyclic) bond motifs is 1. The molecule has 0 atom stereocenters. The molecule has 1 amide bonds. The van der Waals surface area contributed by atoms with Gasteiger partial charge in [0.05, 0.1) is 26.5 Å². The fraction of sp³-hybridized carbons (Fsp3) is 0.222. The number of hydrogen-bond acceptors (Lipinski definition) is 6. The van der Waals surface area contributed by atoms with Crippen LogP contribution in [0.5, 0.6) is 0 Å². The van der Waals surface area contributed by atoms with Crippen LogP contribution in [0.15, 0.2) is 65.3 Å². The predicted molar refractivity (Wildman–Crippen MR) is 149 cm³/mol. The number of rotatable bonds is 7. The Labute approximate surface area is 215 Å². The summed E-state index contributed by atoms with van der Waals surface area (Å²) in [6, 6.07) is 11.8. The predicted octanol–water partition coefficient (Wildman–Crippen LogP) is 5.68. The summed E-state index contributed by atoms with van der Waals surface area (Å²) in [5.74, 6) is 0.279. The molecule has 2 aromatic carbocycles. The molecule has 0 saturated heterocycles. The summed E-state index contributed by atoms with van der Waals surface area (Å²) in [5, 5.41) is 3.22. The van der Waals surface area contributed by atoms with Gasteiger partial charge in [-0.2, -0.15) is 4.36 Å². The summed E-state index contributed by atoms with van der Waals surface area (Å²) in [6.45, 7) is 8.90. The maximum Gasteiger partial charge on any atom is 0.250 e. The van der Waals surface area contributed by atoms with Crippen LogP contribution in [-0.4, -0.2) is 36.2 Å². The zero-order chi connectivity index (χ0) is 26.9. The van der Waals surface area contributed by atoms with Crippen LogP contribution in [0.4, 0.5) is 21.6 Å². The molecule has 0 bridgehead atoms. The number of hydrogen-bond donors (Lipinski definition) is 2. The minimum Gasteiger partial charge on any atom is -0.383 e. The number of benzene rings is 2. The van der Waals surface area contributed by atoms with E-state index >= 15 is 4.39 Å². The van der Waals surface area contributed by atoms with Crippen LogP contribution in [-0.2, 0) is 21.6 Å². The number of anilines is 2. The average molecular weight is 521 g/mol. The van der Waals surface area contributed by atoms with Gasteiger partial charge in [0.1, 0.15) is 23.6 Å². The van der Waals surface area contributed by atoms with Crippen LogP contribution >= 0.6 is 0 Å². The van der Waals surface area contributed by atoms with E-state index in [0.29, 0.717) is 56.3 Å². The Hall–Kier alpha value is -4.05. The molecular formula is C27H29FN6O2S. The second kappa shape index (κ2) is 10.1. The number of aromatic nitrogens is 3. The summed E-state index contributed by atoms with van der Waals surface area (Å²) in [7, 11) is -0.529. The molecule has 4 aromatic rings. The molecule has 37 heavy (non-hydrogen) atoms. The van der Waals surface area contributed by atoms with E-state index in [1.165, 1.54) is 12.4 Å². The first kappa shape index (κ1) is 26.0. The van der Waals surface area contributed by atoms with Gasteiger partial charge in [-0.1, -0.05) is 32.6 Å². The molecule has 3 N–H and O–H groups in total. The minimum absolute atomic E-state index is 0.265. The molecule has 0 unspecified atom stereocenters. The van der Waals surface area contributed by atoms with Gasteiger partial charge in [-0.15, -0.1) is 0 Å². The molecule has 2 aromatic heterocycles. The molecule has 0 spiro atoms. The lowest BCUT2D eigenvalue weighted by Gasteiger charge is -2.12. The second-order valence-corrected chi connectivity index (χ2v) is 11.5. The Kier molecular flexibility index (Phi) is 7.13. The first-order chi connectivity index (χ1) is 17.6. The molecule has 0 aliphatic heterocycles. The van der Waals surface area contributed by atoms with Gasteiger partial charge in [0, 0.05) is 40.9 Å². The third-order valence-corrected chi connectivity index (χ3v) is 8.54. The van der Waals surface area contributed by atoms with Gasteiger partial charge in [0.15, 0.2) is 0 Å². The number of aryl methyl sites for hydroxylation is 1. The van der Waals surface area contributed by atoms with Crippen molar-refractivity contribution >= 4 is 43.9 Å². The first-order valence-electron chi connectivity index (χ1n) is 11.8. The number of nitrogens with one attached hydrogen (secondary N) is 1. The zero-order valence-electron chi connectivity index (χ0n) is 21.2. The lowest BCUT2D eigenvalue weighted by molar-refractivity contribution is -0.112. The molecule has 10 heteroatoms. The lowest BCUT2D eigenvalue weighted by Crippen LogP contribution is -2.12. The fourth-order valence-corrected chi connectivity index (χ4v) is 5.28. The van der Waals surface area contributed by atoms with Gasteiger partial charge in [0.2, 0.25) is 0 Å². The SMILES string of the molecule is C=C(C)C(=O)Nc1ccc(-c2c(-c3ccc(N=S(=O)(CC)CC)cc3)c3c(N)ncnc3n2C)c(F)c1. The van der Waals surface area contributed by atoms with Crippen molar-refractivity contribution in [1.29, 1.82) is 0 Å². The van der Waals surface area contributed by atoms with E-state index in [4.69, 9.17) is 5.73 Å². The highest BCUT2D eigenvalue weighted by Crippen LogP contribution is 2.43. The maximum atomic E-state index is 15.5. The van der Waals surface area contributed by atoms with Crippen molar-refractivity contribution in [3.05, 3.63) is 66.8 Å². The van der Waals surface area contributed by atoms with E-state index in [1.54, 1.807) is 42.8 Å². The van der Waals surface area contributed by atoms with Gasteiger partial charge in [-0.25, -0.2) is 18.6 Å². The summed E-state index contributed by atoms with van der Waals surface area (Å²) in [4.78, 5) is 20.5. The summed E-state index contributed by atoms with van der Waals surface area (Å²) in [6.07, 6.45) is 1.37. The Morgan fingerprint density at radius 1 is 1.16 bits per heavy atom. The number of carbonyl (C=O) groups is 1. The molecule has 192 valence electrons. The topological polar surface area (TPSA) is 115 Å². The van der Waals surface area contributed by atoms with Crippen molar-refractivity contribution in [1.82, 2.24) is 14.5 Å². The summed E-state index contributed by atoms with van der Waals surface area (Å²) >= 11 is 0. The maximum absolute atomic E-state index is 15.5. The van der Waals surface area contributed by atoms with Crippen molar-refractivity contribution in [2.24, 2.45) is 11.4 Å². The Balaban J connectivity index is 1.91. The van der Waals surface area contributed by atoms with Gasteiger partial charge < -0.3 is 15.6 Å². The van der Waals surface area contributed by atoms with Crippen molar-refractivity contribution in [2.75, 3.05) is 22.6 Å². The number of amides is 1. The molecule has 2 heterocycles. The molecule has 0 fully saturated rings. The standard InChI is InChI=1S/C27H29FN6O2S/c1-6-37(36,7-2)33-18-10-8-17(9-11-18)22-23-25(29)30-15-31-26(23)34(5)24(22)20-13-12-19(14-21(20)28)32-27(35)16(3)4/h8-15H,3,6-7H2,1-2,4-5H3,(H,32,35)(H2,29,30,31). The molecule has 8 nitrogen and oxygen atoms in total. The second-order valence-electron chi connectivity index (χ2n) is 8.66. The Morgan fingerprint density at radius 3 is 2.43 bits per heavy atom. The summed E-state index contributed by atoms with van der Waals surface area (Å²) < 4.78 is 34.6. The van der Waals surface area contributed by atoms with E-state index in [1.807, 2.05) is 26.0 Å². The van der Waals surface area contributed by atoms with Gasteiger partial charge in [0.25, 0.3) is 5.91 Å². The van der Waals surface area contributed by atoms with E-state index in [9.17, 15) is 9.00 Å². The molecule has 0 aliphatic carbocycles. The van der Waals surface area contributed by atoms with Crippen LogP contribution < -0.4 is 11.1 Å². The molecule has 0 radical (unpaired) electrons. The summed E-state index contributed by atoms with van der Waals surface area (Å²) in [5.41, 5.74) is 10.3. The van der Waals surface area contributed by atoms with Crippen molar-refractivity contribution in [2.45, 2.75) is 20.8 Å². The number of carbonyl (C=O) groups excluding carboxylic acids is 1. The molecule has 0 aliphatic rings. The van der Waals surface area contributed by atoms with Crippen molar-refractivity contribution in [3.63, 3.8) is 0 Å². The van der Waals surface area contributed by atoms with Crippen LogP contribution in [0, 0.1) is 5.82 Å². The highest BCUT2D eigenvalue weighted by atomic mass is 32.2. The fourth-order valence-electron chi connectivity index (χ4n) is 4.11. The van der Waals surface area contributed by atoms with Crippen molar-refractivity contribution < 1.29 is 13.4 Å². The van der Waals surface area contributed by atoms with E-state index in [2.05, 4.69) is 26.2 Å². The third-order valence-electron chi connectivity index (χ3n) is 6.20. The highest BCUT2D eigenvalue weighted by molar-refractivity contribution is 7.93. The van der Waals surface area contributed by atoms with E-state index in [0.717, 1.165) is 5.56 Å². The highest BCUT2D eigenvalue weighted by Gasteiger charge is 2.24. The van der Waals surface area contributed by atoms with Crippen molar-refractivity contribution in [3.8, 4) is 22.4 Å². The number of nitrogens with two attached hydrogens (primary N) is 1. The normalized spacial score (nSPS) is 11.5. The number of halogens is 1. The Morgan fingerprint density at radius 2 is 1.84 bits per heavy atom. The quantitative estimate of drug-likeness (QED) is 0.304. The number of nitrogens with zero attached hydrogens (tertiary/aromatic N) is 4. The average Bonchev–Trinajstić information content (AvgIpc) is 3.17. The van der Waals surface area contributed by atoms with Crippen LogP contribution in [0.3, 0.4) is 0 Å². The van der Waals surface area contributed by atoms with E-state index < -0.39 is 15.5 Å². The first-order valence-corrected chi connectivity index (χ1v) is 13.6. The minimum atomic E-state index is -2.31. The third kappa shape index (κ3) is 4.97. The van der Waals surface area contributed by atoms with E-state index in [-0.39, 0.29) is 11.7 Å². The molecular weight excluding hydrogens is 491 g/mol. The molecule has 0 saturated carbocycles. The number of nitrogen functional groups attached to an aromatic ring is 1. The van der Waals surface area contributed by atoms with Gasteiger partial charge in [-0.3, -0.25) is 4.79 Å².